The summed E-state index contributed by atoms with van der Waals surface area (Å²) in [5, 5.41) is 8.73. The van der Waals surface area contributed by atoms with Gasteiger partial charge in [0.1, 0.15) is 29.7 Å². The van der Waals surface area contributed by atoms with Crippen LogP contribution in [-0.2, 0) is 17.8 Å². The van der Waals surface area contributed by atoms with Gasteiger partial charge in [0.15, 0.2) is 0 Å². The molecule has 3 aromatic carbocycles. The van der Waals surface area contributed by atoms with Crippen molar-refractivity contribution in [3.05, 3.63) is 89.7 Å². The molecule has 0 radical (unpaired) electrons. The van der Waals surface area contributed by atoms with Crippen LogP contribution in [0.25, 0.3) is 0 Å². The van der Waals surface area contributed by atoms with E-state index in [1.54, 1.807) is 12.1 Å². The van der Waals surface area contributed by atoms with Crippen molar-refractivity contribution in [2.75, 3.05) is 0 Å². The highest BCUT2D eigenvalue weighted by Crippen LogP contribution is 2.26. The number of carboxylic acid groups (broad SMARTS) is 1. The van der Waals surface area contributed by atoms with Gasteiger partial charge in [-0.3, -0.25) is 4.79 Å². The Morgan fingerprint density at radius 2 is 1.56 bits per heavy atom. The van der Waals surface area contributed by atoms with Crippen LogP contribution in [0.15, 0.2) is 72.8 Å². The Kier molecular flexibility index (Phi) is 6.05. The molecule has 0 fully saturated rings. The Labute approximate surface area is 156 Å². The SMILES string of the molecule is O=C(O)CCc1ccc(OCc2ccccc2Oc2ccc(F)cc2)cc1. The molecule has 0 atom stereocenters. The van der Waals surface area contributed by atoms with Crippen molar-refractivity contribution < 1.29 is 23.8 Å². The molecule has 3 rings (SSSR count). The van der Waals surface area contributed by atoms with Gasteiger partial charge < -0.3 is 14.6 Å². The highest BCUT2D eigenvalue weighted by molar-refractivity contribution is 5.67. The summed E-state index contributed by atoms with van der Waals surface area (Å²) >= 11 is 0. The molecule has 0 saturated carbocycles. The molecule has 0 aromatic heterocycles. The van der Waals surface area contributed by atoms with Crippen LogP contribution in [0.5, 0.6) is 17.2 Å². The molecule has 0 unspecified atom stereocenters. The minimum Gasteiger partial charge on any atom is -0.489 e. The van der Waals surface area contributed by atoms with Crippen molar-refractivity contribution >= 4 is 5.97 Å². The van der Waals surface area contributed by atoms with Crippen LogP contribution in [0.4, 0.5) is 4.39 Å². The first kappa shape index (κ1) is 18.5. The molecule has 138 valence electrons. The Morgan fingerprint density at radius 3 is 2.26 bits per heavy atom. The number of aliphatic carboxylic acids is 1. The fourth-order valence-electron chi connectivity index (χ4n) is 2.52. The van der Waals surface area contributed by atoms with Crippen LogP contribution in [0.2, 0.25) is 0 Å². The average Bonchev–Trinajstić information content (AvgIpc) is 2.68. The molecular formula is C22H19FO4. The molecular weight excluding hydrogens is 347 g/mol. The molecule has 1 N–H and O–H groups in total. The van der Waals surface area contributed by atoms with Gasteiger partial charge in [-0.15, -0.1) is 0 Å². The summed E-state index contributed by atoms with van der Waals surface area (Å²) in [5.74, 6) is 0.748. The first-order valence-corrected chi connectivity index (χ1v) is 8.55. The van der Waals surface area contributed by atoms with Gasteiger partial charge in [0.05, 0.1) is 0 Å². The molecule has 0 heterocycles. The number of ether oxygens (including phenoxy) is 2. The number of halogens is 1. The molecule has 0 aliphatic heterocycles. The molecule has 0 amide bonds. The second-order valence-corrected chi connectivity index (χ2v) is 5.99. The summed E-state index contributed by atoms with van der Waals surface area (Å²) in [6.45, 7) is 0.311. The lowest BCUT2D eigenvalue weighted by Crippen LogP contribution is -1.99. The van der Waals surface area contributed by atoms with Crippen LogP contribution in [0.3, 0.4) is 0 Å². The standard InChI is InChI=1S/C22H19FO4/c23-18-8-12-20(13-9-18)27-21-4-2-1-3-17(21)15-26-19-10-5-16(6-11-19)7-14-22(24)25/h1-6,8-13H,7,14-15H2,(H,24,25). The number of hydrogen-bond acceptors (Lipinski definition) is 3. The van der Waals surface area contributed by atoms with Crippen LogP contribution in [-0.4, -0.2) is 11.1 Å². The number of benzene rings is 3. The second kappa shape index (κ2) is 8.85. The third-order valence-electron chi connectivity index (χ3n) is 3.96. The van der Waals surface area contributed by atoms with E-state index in [-0.39, 0.29) is 12.2 Å². The second-order valence-electron chi connectivity index (χ2n) is 5.99. The largest absolute Gasteiger partial charge is 0.489 e. The Morgan fingerprint density at radius 1 is 0.889 bits per heavy atom. The van der Waals surface area contributed by atoms with Gasteiger partial charge in [0, 0.05) is 12.0 Å². The van der Waals surface area contributed by atoms with E-state index in [0.29, 0.717) is 30.3 Å². The van der Waals surface area contributed by atoms with Gasteiger partial charge in [-0.25, -0.2) is 4.39 Å². The van der Waals surface area contributed by atoms with Crippen molar-refractivity contribution in [1.29, 1.82) is 0 Å². The van der Waals surface area contributed by atoms with E-state index in [4.69, 9.17) is 14.6 Å². The van der Waals surface area contributed by atoms with Gasteiger partial charge >= 0.3 is 5.97 Å². The summed E-state index contributed by atoms with van der Waals surface area (Å²) in [6, 6.07) is 20.7. The Balaban J connectivity index is 1.62. The van der Waals surface area contributed by atoms with Gasteiger partial charge in [0.2, 0.25) is 0 Å². The van der Waals surface area contributed by atoms with Crippen molar-refractivity contribution in [3.8, 4) is 17.2 Å². The summed E-state index contributed by atoms with van der Waals surface area (Å²) in [5.41, 5.74) is 1.81. The number of carboxylic acids is 1. The summed E-state index contributed by atoms with van der Waals surface area (Å²) in [4.78, 5) is 10.6. The molecule has 3 aromatic rings. The van der Waals surface area contributed by atoms with Crippen molar-refractivity contribution in [3.63, 3.8) is 0 Å². The normalized spacial score (nSPS) is 10.4. The molecule has 27 heavy (non-hydrogen) atoms. The zero-order valence-corrected chi connectivity index (χ0v) is 14.6. The lowest BCUT2D eigenvalue weighted by Gasteiger charge is -2.12. The zero-order chi connectivity index (χ0) is 19.1. The van der Waals surface area contributed by atoms with Crippen LogP contribution in [0.1, 0.15) is 17.5 Å². The van der Waals surface area contributed by atoms with Crippen LogP contribution >= 0.6 is 0 Å². The van der Waals surface area contributed by atoms with Crippen LogP contribution < -0.4 is 9.47 Å². The topological polar surface area (TPSA) is 55.8 Å². The van der Waals surface area contributed by atoms with Gasteiger partial charge in [-0.1, -0.05) is 30.3 Å². The fraction of sp³-hybridized carbons (Fsp3) is 0.136. The summed E-state index contributed by atoms with van der Waals surface area (Å²) < 4.78 is 24.7. The monoisotopic (exact) mass is 366 g/mol. The molecule has 0 aliphatic carbocycles. The maximum atomic E-state index is 13.0. The van der Waals surface area contributed by atoms with Crippen LogP contribution in [0, 0.1) is 5.82 Å². The van der Waals surface area contributed by atoms with Crippen molar-refractivity contribution in [2.45, 2.75) is 19.4 Å². The van der Waals surface area contributed by atoms with E-state index >= 15 is 0 Å². The fourth-order valence-corrected chi connectivity index (χ4v) is 2.52. The summed E-state index contributed by atoms with van der Waals surface area (Å²) in [6.07, 6.45) is 0.595. The third kappa shape index (κ3) is 5.57. The third-order valence-corrected chi connectivity index (χ3v) is 3.96. The van der Waals surface area contributed by atoms with E-state index in [2.05, 4.69) is 0 Å². The molecule has 0 spiro atoms. The number of carbonyl (C=O) groups is 1. The molecule has 4 nitrogen and oxygen atoms in total. The molecule has 0 bridgehead atoms. The maximum absolute atomic E-state index is 13.0. The van der Waals surface area contributed by atoms with Crippen molar-refractivity contribution in [2.24, 2.45) is 0 Å². The number of para-hydroxylation sites is 1. The van der Waals surface area contributed by atoms with E-state index in [1.807, 2.05) is 48.5 Å². The Hall–Kier alpha value is -3.34. The van der Waals surface area contributed by atoms with Gasteiger partial charge in [0.25, 0.3) is 0 Å². The first-order chi connectivity index (χ1) is 13.1. The quantitative estimate of drug-likeness (QED) is 0.594. The van der Waals surface area contributed by atoms with E-state index < -0.39 is 5.97 Å². The van der Waals surface area contributed by atoms with E-state index in [9.17, 15) is 9.18 Å². The van der Waals surface area contributed by atoms with E-state index in [0.717, 1.165) is 11.1 Å². The molecule has 0 aliphatic rings. The number of hydrogen-bond donors (Lipinski definition) is 1. The molecule has 0 saturated heterocycles. The lowest BCUT2D eigenvalue weighted by molar-refractivity contribution is -0.136. The zero-order valence-electron chi connectivity index (χ0n) is 14.6. The number of aryl methyl sites for hydroxylation is 1. The molecule has 5 heteroatoms. The van der Waals surface area contributed by atoms with E-state index in [1.165, 1.54) is 12.1 Å². The van der Waals surface area contributed by atoms with Gasteiger partial charge in [-0.2, -0.15) is 0 Å². The summed E-state index contributed by atoms with van der Waals surface area (Å²) in [7, 11) is 0. The lowest BCUT2D eigenvalue weighted by atomic mass is 10.1. The van der Waals surface area contributed by atoms with Gasteiger partial charge in [-0.05, 0) is 54.4 Å². The predicted octanol–water partition coefficient (Wildman–Crippen LogP) is 5.21. The highest BCUT2D eigenvalue weighted by Gasteiger charge is 2.06. The minimum atomic E-state index is -0.812. The van der Waals surface area contributed by atoms with Crippen molar-refractivity contribution in [1.82, 2.24) is 0 Å². The Bertz CT molecular complexity index is 889. The highest BCUT2D eigenvalue weighted by atomic mass is 19.1. The minimum absolute atomic E-state index is 0.105. The maximum Gasteiger partial charge on any atom is 0.303 e. The number of rotatable bonds is 8. The first-order valence-electron chi connectivity index (χ1n) is 8.55. The average molecular weight is 366 g/mol. The smallest absolute Gasteiger partial charge is 0.303 e. The predicted molar refractivity (Wildman–Crippen MR) is 99.6 cm³/mol.